The van der Waals surface area contributed by atoms with E-state index in [1.165, 1.54) is 0 Å². The highest BCUT2D eigenvalue weighted by Gasteiger charge is 2.27. The minimum absolute atomic E-state index is 0.165. The molecule has 1 fully saturated rings. The first-order chi connectivity index (χ1) is 7.70. The highest BCUT2D eigenvalue weighted by Crippen LogP contribution is 2.16. The van der Waals surface area contributed by atoms with Gasteiger partial charge >= 0.3 is 0 Å². The Balaban J connectivity index is 2.08. The van der Waals surface area contributed by atoms with Gasteiger partial charge in [-0.2, -0.15) is 5.10 Å². The molecule has 2 aliphatic heterocycles. The maximum Gasteiger partial charge on any atom is 0.148 e. The molecule has 0 amide bonds. The molecular formula is C11H20N4O. The molecule has 5 nitrogen and oxygen atoms in total. The maximum atomic E-state index is 5.67. The van der Waals surface area contributed by atoms with Crippen molar-refractivity contribution in [2.75, 3.05) is 13.2 Å². The van der Waals surface area contributed by atoms with Crippen LogP contribution in [0.5, 0.6) is 0 Å². The van der Waals surface area contributed by atoms with Crippen molar-refractivity contribution >= 4 is 5.84 Å². The van der Waals surface area contributed by atoms with Crippen molar-refractivity contribution in [3.05, 3.63) is 12.2 Å². The molecule has 3 N–H and O–H groups in total. The van der Waals surface area contributed by atoms with Crippen molar-refractivity contribution < 1.29 is 4.74 Å². The number of rotatable bonds is 1. The van der Waals surface area contributed by atoms with Crippen LogP contribution in [0, 0.1) is 0 Å². The van der Waals surface area contributed by atoms with Crippen LogP contribution in [0.25, 0.3) is 0 Å². The van der Waals surface area contributed by atoms with E-state index in [1.54, 1.807) is 0 Å². The summed E-state index contributed by atoms with van der Waals surface area (Å²) in [6, 6.07) is 0.413. The number of nitrogens with zero attached hydrogens (tertiary/aromatic N) is 2. The van der Waals surface area contributed by atoms with Gasteiger partial charge in [-0.1, -0.05) is 6.92 Å². The van der Waals surface area contributed by atoms with Crippen molar-refractivity contribution in [3.8, 4) is 0 Å². The van der Waals surface area contributed by atoms with E-state index in [-0.39, 0.29) is 12.3 Å². The summed E-state index contributed by atoms with van der Waals surface area (Å²) >= 11 is 0. The lowest BCUT2D eigenvalue weighted by Gasteiger charge is -2.40. The fraction of sp³-hybridized carbons (Fsp3) is 0.727. The Bertz CT molecular complexity index is 302. The third kappa shape index (κ3) is 2.36. The fourth-order valence-corrected chi connectivity index (χ4v) is 2.03. The fourth-order valence-electron chi connectivity index (χ4n) is 2.03. The van der Waals surface area contributed by atoms with E-state index >= 15 is 0 Å². The van der Waals surface area contributed by atoms with Gasteiger partial charge < -0.3 is 15.4 Å². The predicted octanol–water partition coefficient (Wildman–Crippen LogP) is 0.243. The van der Waals surface area contributed by atoms with E-state index in [1.807, 2.05) is 12.2 Å². The zero-order valence-electron chi connectivity index (χ0n) is 9.89. The second kappa shape index (κ2) is 4.84. The second-order valence-electron chi connectivity index (χ2n) is 4.34. The third-order valence-electron chi connectivity index (χ3n) is 3.01. The van der Waals surface area contributed by atoms with Gasteiger partial charge in [-0.25, -0.2) is 0 Å². The largest absolute Gasteiger partial charge is 0.375 e. The Kier molecular flexibility index (Phi) is 3.46. The van der Waals surface area contributed by atoms with Crippen LogP contribution in [-0.2, 0) is 4.74 Å². The molecule has 5 heteroatoms. The second-order valence-corrected chi connectivity index (χ2v) is 4.34. The van der Waals surface area contributed by atoms with Gasteiger partial charge in [0.25, 0.3) is 0 Å². The molecule has 2 heterocycles. The smallest absolute Gasteiger partial charge is 0.148 e. The van der Waals surface area contributed by atoms with Crippen LogP contribution in [0.15, 0.2) is 17.3 Å². The lowest BCUT2D eigenvalue weighted by molar-refractivity contribution is -0.0283. The summed E-state index contributed by atoms with van der Waals surface area (Å²) in [5, 5.41) is 4.29. The average Bonchev–Trinajstić information content (AvgIpc) is 2.30. The summed E-state index contributed by atoms with van der Waals surface area (Å²) in [5.74, 6) is 0.962. The lowest BCUT2D eigenvalue weighted by Crippen LogP contribution is -2.52. The van der Waals surface area contributed by atoms with E-state index in [4.69, 9.17) is 10.5 Å². The lowest BCUT2D eigenvalue weighted by atomic mass is 10.1. The van der Waals surface area contributed by atoms with Crippen molar-refractivity contribution in [3.63, 3.8) is 0 Å². The third-order valence-corrected chi connectivity index (χ3v) is 3.01. The summed E-state index contributed by atoms with van der Waals surface area (Å²) in [7, 11) is 0. The van der Waals surface area contributed by atoms with Crippen molar-refractivity contribution in [2.24, 2.45) is 10.8 Å². The quantitative estimate of drug-likeness (QED) is 0.670. The molecular weight excluding hydrogens is 204 g/mol. The van der Waals surface area contributed by atoms with Gasteiger partial charge in [-0.3, -0.25) is 5.43 Å². The molecule has 0 aromatic heterocycles. The van der Waals surface area contributed by atoms with Gasteiger partial charge in [-0.15, -0.1) is 0 Å². The molecule has 0 aromatic rings. The molecule has 0 bridgehead atoms. The monoisotopic (exact) mass is 224 g/mol. The van der Waals surface area contributed by atoms with Crippen LogP contribution < -0.4 is 11.2 Å². The molecule has 0 aliphatic carbocycles. The standard InChI is InChI=1S/C11H20N4O/c1-3-9-7-16-8(2)6-15(9)11-5-4-10(12)13-14-11/h4-5,8-10,13H,3,6-7,12H2,1-2H3. The van der Waals surface area contributed by atoms with E-state index < -0.39 is 0 Å². The minimum Gasteiger partial charge on any atom is -0.375 e. The van der Waals surface area contributed by atoms with Crippen molar-refractivity contribution in [1.29, 1.82) is 0 Å². The zero-order chi connectivity index (χ0) is 11.5. The van der Waals surface area contributed by atoms with Crippen LogP contribution in [-0.4, -0.2) is 42.2 Å². The van der Waals surface area contributed by atoms with Gasteiger partial charge in [0.2, 0.25) is 0 Å². The Labute approximate surface area is 96.3 Å². The number of morpholine rings is 1. The molecule has 0 aromatic carbocycles. The molecule has 3 atom stereocenters. The van der Waals surface area contributed by atoms with Crippen LogP contribution >= 0.6 is 0 Å². The molecule has 0 radical (unpaired) electrons. The maximum absolute atomic E-state index is 5.67. The Morgan fingerprint density at radius 2 is 2.50 bits per heavy atom. The van der Waals surface area contributed by atoms with Crippen LogP contribution in [0.2, 0.25) is 0 Å². The summed E-state index contributed by atoms with van der Waals surface area (Å²) < 4.78 is 5.66. The summed E-state index contributed by atoms with van der Waals surface area (Å²) in [6.45, 7) is 5.92. The first kappa shape index (κ1) is 11.4. The van der Waals surface area contributed by atoms with Gasteiger partial charge in [0, 0.05) is 6.54 Å². The molecule has 1 saturated heterocycles. The number of hydrazone groups is 1. The number of nitrogens with one attached hydrogen (secondary N) is 1. The molecule has 90 valence electrons. The topological polar surface area (TPSA) is 62.9 Å². The Morgan fingerprint density at radius 3 is 3.12 bits per heavy atom. The molecule has 2 aliphatic rings. The predicted molar refractivity (Wildman–Crippen MR) is 63.9 cm³/mol. The highest BCUT2D eigenvalue weighted by atomic mass is 16.5. The van der Waals surface area contributed by atoms with E-state index in [0.29, 0.717) is 6.04 Å². The zero-order valence-corrected chi connectivity index (χ0v) is 9.89. The highest BCUT2D eigenvalue weighted by molar-refractivity contribution is 5.93. The first-order valence-electron chi connectivity index (χ1n) is 5.86. The molecule has 16 heavy (non-hydrogen) atoms. The van der Waals surface area contributed by atoms with E-state index in [0.717, 1.165) is 25.4 Å². The van der Waals surface area contributed by atoms with Gasteiger partial charge in [0.05, 0.1) is 18.8 Å². The van der Waals surface area contributed by atoms with Gasteiger partial charge in [-0.05, 0) is 25.5 Å². The van der Waals surface area contributed by atoms with Gasteiger partial charge in [0.15, 0.2) is 0 Å². The number of hydrogen-bond donors (Lipinski definition) is 2. The van der Waals surface area contributed by atoms with Crippen LogP contribution in [0.3, 0.4) is 0 Å². The number of nitrogens with two attached hydrogens (primary N) is 1. The summed E-state index contributed by atoms with van der Waals surface area (Å²) in [4.78, 5) is 2.30. The van der Waals surface area contributed by atoms with E-state index in [9.17, 15) is 0 Å². The minimum atomic E-state index is -0.165. The van der Waals surface area contributed by atoms with Gasteiger partial charge in [0.1, 0.15) is 12.0 Å². The molecule has 3 unspecified atom stereocenters. The first-order valence-corrected chi connectivity index (χ1v) is 5.86. The average molecular weight is 224 g/mol. The van der Waals surface area contributed by atoms with E-state index in [2.05, 4.69) is 29.3 Å². The van der Waals surface area contributed by atoms with Crippen LogP contribution in [0.4, 0.5) is 0 Å². The molecule has 0 spiro atoms. The van der Waals surface area contributed by atoms with Crippen LogP contribution in [0.1, 0.15) is 20.3 Å². The normalized spacial score (nSPS) is 34.6. The van der Waals surface area contributed by atoms with Crippen molar-refractivity contribution in [1.82, 2.24) is 10.3 Å². The van der Waals surface area contributed by atoms with Crippen molar-refractivity contribution in [2.45, 2.75) is 38.6 Å². The molecule has 2 rings (SSSR count). The Hall–Kier alpha value is -1.07. The number of amidine groups is 1. The summed E-state index contributed by atoms with van der Waals surface area (Å²) in [5.41, 5.74) is 8.56. The summed E-state index contributed by atoms with van der Waals surface area (Å²) in [6.07, 6.45) is 5.07. The Morgan fingerprint density at radius 1 is 1.69 bits per heavy atom. The molecule has 0 saturated carbocycles. The number of hydrogen-bond acceptors (Lipinski definition) is 5. The number of ether oxygens (including phenoxy) is 1. The SMILES string of the molecule is CCC1COC(C)CN1C1=NNC(N)C=C1.